The van der Waals surface area contributed by atoms with Gasteiger partial charge in [-0.25, -0.2) is 0 Å². The molecule has 0 aliphatic carbocycles. The first-order valence-electron chi connectivity index (χ1n) is 8.95. The van der Waals surface area contributed by atoms with Crippen LogP contribution in [-0.2, 0) is 28.4 Å². The van der Waals surface area contributed by atoms with Crippen LogP contribution in [0.2, 0.25) is 0 Å². The highest BCUT2D eigenvalue weighted by atomic mass is 32.2. The average molecular weight is 384 g/mol. The highest BCUT2D eigenvalue weighted by Crippen LogP contribution is 2.35. The van der Waals surface area contributed by atoms with Gasteiger partial charge in [0, 0.05) is 32.8 Å². The van der Waals surface area contributed by atoms with Crippen LogP contribution in [0.25, 0.3) is 0 Å². The van der Waals surface area contributed by atoms with Gasteiger partial charge in [0.25, 0.3) is 0 Å². The summed E-state index contributed by atoms with van der Waals surface area (Å²) in [5.74, 6) is 0. The van der Waals surface area contributed by atoms with Crippen LogP contribution in [0.4, 0.5) is 0 Å². The van der Waals surface area contributed by atoms with Crippen LogP contribution in [0, 0.1) is 0 Å². The van der Waals surface area contributed by atoms with Crippen LogP contribution < -0.4 is 0 Å². The fourth-order valence-electron chi connectivity index (χ4n) is 3.33. The zero-order valence-corrected chi connectivity index (χ0v) is 16.4. The maximum atomic E-state index is 6.32. The first-order valence-corrected chi connectivity index (χ1v) is 9.83. The topological polar surface area (TPSA) is 55.4 Å². The van der Waals surface area contributed by atoms with Gasteiger partial charge in [0.05, 0.1) is 6.61 Å². The Labute approximate surface area is 159 Å². The zero-order valence-electron chi connectivity index (χ0n) is 15.5. The zero-order chi connectivity index (χ0) is 18.4. The third-order valence-electron chi connectivity index (χ3n) is 4.77. The molecule has 146 valence electrons. The van der Waals surface area contributed by atoms with Gasteiger partial charge in [-0.05, 0) is 25.0 Å². The summed E-state index contributed by atoms with van der Waals surface area (Å²) in [5.41, 5.74) is -0.191. The molecular weight excluding hydrogens is 356 g/mol. The number of rotatable bonds is 7. The number of hydrogen-bond donors (Lipinski definition) is 0. The SMILES string of the molecule is CO[C@@H]1[C@H](O[C@H]2OCCC[C@H]2OC)[C@H](OC)CO[C@@H]1Sc1ccccc1. The number of methoxy groups -OCH3 is 3. The second kappa shape index (κ2) is 10.0. The van der Waals surface area contributed by atoms with Crippen molar-refractivity contribution in [2.24, 2.45) is 0 Å². The molecule has 1 aromatic carbocycles. The van der Waals surface area contributed by atoms with Crippen molar-refractivity contribution >= 4 is 11.8 Å². The largest absolute Gasteiger partial charge is 0.376 e. The summed E-state index contributed by atoms with van der Waals surface area (Å²) >= 11 is 1.63. The van der Waals surface area contributed by atoms with Crippen molar-refractivity contribution in [3.05, 3.63) is 30.3 Å². The molecule has 0 radical (unpaired) electrons. The number of ether oxygens (including phenoxy) is 6. The molecular formula is C19H28O6S. The molecule has 26 heavy (non-hydrogen) atoms. The van der Waals surface area contributed by atoms with Crippen LogP contribution in [0.1, 0.15) is 12.8 Å². The predicted octanol–water partition coefficient (Wildman–Crippen LogP) is 2.70. The fourth-order valence-corrected chi connectivity index (χ4v) is 4.46. The molecule has 3 rings (SSSR count). The summed E-state index contributed by atoms with van der Waals surface area (Å²) in [6.45, 7) is 1.11. The lowest BCUT2D eigenvalue weighted by atomic mass is 10.1. The Hall–Kier alpha value is -0.670. The van der Waals surface area contributed by atoms with Crippen molar-refractivity contribution in [3.8, 4) is 0 Å². The maximum absolute atomic E-state index is 6.32. The first-order chi connectivity index (χ1) is 12.8. The lowest BCUT2D eigenvalue weighted by molar-refractivity contribution is -0.289. The van der Waals surface area contributed by atoms with E-state index in [4.69, 9.17) is 28.4 Å². The Morgan fingerprint density at radius 1 is 0.923 bits per heavy atom. The predicted molar refractivity (Wildman–Crippen MR) is 98.3 cm³/mol. The van der Waals surface area contributed by atoms with Gasteiger partial charge in [-0.15, -0.1) is 0 Å². The van der Waals surface area contributed by atoms with Gasteiger partial charge in [0.1, 0.15) is 29.9 Å². The maximum Gasteiger partial charge on any atom is 0.184 e. The molecule has 2 fully saturated rings. The van der Waals surface area contributed by atoms with Gasteiger partial charge in [0.2, 0.25) is 0 Å². The monoisotopic (exact) mass is 384 g/mol. The quantitative estimate of drug-likeness (QED) is 0.716. The molecule has 6 atom stereocenters. The van der Waals surface area contributed by atoms with Gasteiger partial charge < -0.3 is 28.4 Å². The summed E-state index contributed by atoms with van der Waals surface area (Å²) in [6.07, 6.45) is 0.566. The molecule has 2 heterocycles. The molecule has 0 saturated carbocycles. The minimum atomic E-state index is -0.422. The van der Waals surface area contributed by atoms with E-state index < -0.39 is 6.29 Å². The molecule has 0 amide bonds. The van der Waals surface area contributed by atoms with Gasteiger partial charge in [-0.2, -0.15) is 0 Å². The molecule has 7 heteroatoms. The van der Waals surface area contributed by atoms with Crippen molar-refractivity contribution in [3.63, 3.8) is 0 Å². The van der Waals surface area contributed by atoms with E-state index in [0.29, 0.717) is 13.2 Å². The van der Waals surface area contributed by atoms with E-state index in [1.54, 1.807) is 33.1 Å². The van der Waals surface area contributed by atoms with E-state index in [-0.39, 0.29) is 29.9 Å². The van der Waals surface area contributed by atoms with Crippen molar-refractivity contribution in [1.29, 1.82) is 0 Å². The molecule has 2 aliphatic heterocycles. The molecule has 2 aliphatic rings. The number of thioether (sulfide) groups is 1. The fraction of sp³-hybridized carbons (Fsp3) is 0.684. The summed E-state index contributed by atoms with van der Waals surface area (Å²) in [4.78, 5) is 1.12. The third kappa shape index (κ3) is 4.78. The Balaban J connectivity index is 1.73. The minimum Gasteiger partial charge on any atom is -0.376 e. The Bertz CT molecular complexity index is 530. The molecule has 1 aromatic rings. The Morgan fingerprint density at radius 3 is 2.38 bits per heavy atom. The standard InChI is InChI=1S/C19H28O6S/c1-20-14-10-7-11-23-18(14)25-16-15(21-2)12-24-19(17(16)22-3)26-13-8-5-4-6-9-13/h4-6,8-9,14-19H,7,10-12H2,1-3H3/t14-,15-,16-,17-,18-,19-/m1/s1. The second-order valence-electron chi connectivity index (χ2n) is 6.36. The molecule has 6 nitrogen and oxygen atoms in total. The van der Waals surface area contributed by atoms with Crippen LogP contribution in [-0.4, -0.2) is 70.7 Å². The minimum absolute atomic E-state index is 0.0816. The molecule has 0 spiro atoms. The number of hydrogen-bond acceptors (Lipinski definition) is 7. The van der Waals surface area contributed by atoms with E-state index in [1.165, 1.54) is 0 Å². The van der Waals surface area contributed by atoms with Gasteiger partial charge in [0.15, 0.2) is 6.29 Å². The van der Waals surface area contributed by atoms with E-state index in [2.05, 4.69) is 12.1 Å². The normalized spacial score (nSPS) is 35.3. The third-order valence-corrected chi connectivity index (χ3v) is 5.95. The number of benzene rings is 1. The molecule has 0 aromatic heterocycles. The van der Waals surface area contributed by atoms with Gasteiger partial charge >= 0.3 is 0 Å². The lowest BCUT2D eigenvalue weighted by Crippen LogP contribution is -2.57. The summed E-state index contributed by atoms with van der Waals surface area (Å²) < 4.78 is 35.1. The second-order valence-corrected chi connectivity index (χ2v) is 7.54. The molecule has 0 unspecified atom stereocenters. The van der Waals surface area contributed by atoms with Gasteiger partial charge in [-0.1, -0.05) is 30.0 Å². The summed E-state index contributed by atoms with van der Waals surface area (Å²) in [5, 5.41) is 0. The average Bonchev–Trinajstić information content (AvgIpc) is 2.69. The molecule has 0 bridgehead atoms. The van der Waals surface area contributed by atoms with Crippen LogP contribution in [0.3, 0.4) is 0 Å². The molecule has 2 saturated heterocycles. The van der Waals surface area contributed by atoms with Crippen LogP contribution in [0.15, 0.2) is 35.2 Å². The Kier molecular flexibility index (Phi) is 7.75. The van der Waals surface area contributed by atoms with Crippen molar-refractivity contribution in [1.82, 2.24) is 0 Å². The van der Waals surface area contributed by atoms with Crippen molar-refractivity contribution < 1.29 is 28.4 Å². The Morgan fingerprint density at radius 2 is 1.69 bits per heavy atom. The van der Waals surface area contributed by atoms with Crippen molar-refractivity contribution in [2.75, 3.05) is 34.5 Å². The smallest absolute Gasteiger partial charge is 0.184 e. The first kappa shape index (κ1) is 20.1. The van der Waals surface area contributed by atoms with E-state index in [9.17, 15) is 0 Å². The highest BCUT2D eigenvalue weighted by Gasteiger charge is 2.45. The van der Waals surface area contributed by atoms with E-state index in [1.807, 2.05) is 18.2 Å². The molecule has 0 N–H and O–H groups in total. The summed E-state index contributed by atoms with van der Waals surface area (Å²) in [7, 11) is 5.03. The van der Waals surface area contributed by atoms with Crippen LogP contribution >= 0.6 is 11.8 Å². The van der Waals surface area contributed by atoms with Gasteiger partial charge in [-0.3, -0.25) is 0 Å². The van der Waals surface area contributed by atoms with E-state index >= 15 is 0 Å². The van der Waals surface area contributed by atoms with Crippen molar-refractivity contribution in [2.45, 2.75) is 53.9 Å². The summed E-state index contributed by atoms with van der Waals surface area (Å²) in [6, 6.07) is 10.1. The van der Waals surface area contributed by atoms with Crippen LogP contribution in [0.5, 0.6) is 0 Å². The lowest BCUT2D eigenvalue weighted by Gasteiger charge is -2.43. The highest BCUT2D eigenvalue weighted by molar-refractivity contribution is 7.99. The van der Waals surface area contributed by atoms with E-state index in [0.717, 1.165) is 17.7 Å².